The largest absolute Gasteiger partial charge is 0.490 e. The lowest BCUT2D eigenvalue weighted by atomic mass is 10.2. The topological polar surface area (TPSA) is 48.1 Å². The van der Waals surface area contributed by atoms with E-state index in [1.54, 1.807) is 6.07 Å². The minimum Gasteiger partial charge on any atom is -0.490 e. The lowest BCUT2D eigenvalue weighted by Gasteiger charge is -2.00. The molecule has 0 fully saturated rings. The summed E-state index contributed by atoms with van der Waals surface area (Å²) in [6, 6.07) is 1.80. The van der Waals surface area contributed by atoms with E-state index in [1.807, 2.05) is 0 Å². The fourth-order valence-corrected chi connectivity index (χ4v) is 1.45. The van der Waals surface area contributed by atoms with Gasteiger partial charge in [-0.2, -0.15) is 0 Å². The SMILES string of the molecule is Nc1cc2c(c(Cl)n1)OCC2. The van der Waals surface area contributed by atoms with Crippen LogP contribution in [0.5, 0.6) is 5.75 Å². The van der Waals surface area contributed by atoms with Crippen molar-refractivity contribution in [1.82, 2.24) is 4.98 Å². The van der Waals surface area contributed by atoms with Gasteiger partial charge >= 0.3 is 0 Å². The molecule has 0 spiro atoms. The number of halogens is 1. The summed E-state index contributed by atoms with van der Waals surface area (Å²) in [5, 5.41) is 0.373. The summed E-state index contributed by atoms with van der Waals surface area (Å²) in [6.45, 7) is 0.681. The fraction of sp³-hybridized carbons (Fsp3) is 0.286. The van der Waals surface area contributed by atoms with Gasteiger partial charge in [0.2, 0.25) is 0 Å². The minimum atomic E-state index is 0.373. The predicted octanol–water partition coefficient (Wildman–Crippen LogP) is 1.25. The Hall–Kier alpha value is -0.960. The van der Waals surface area contributed by atoms with E-state index in [1.165, 1.54) is 0 Å². The Morgan fingerprint density at radius 2 is 2.45 bits per heavy atom. The van der Waals surface area contributed by atoms with Crippen LogP contribution in [-0.2, 0) is 6.42 Å². The second-order valence-corrected chi connectivity index (χ2v) is 2.78. The highest BCUT2D eigenvalue weighted by molar-refractivity contribution is 6.31. The molecule has 1 aromatic heterocycles. The zero-order chi connectivity index (χ0) is 7.84. The highest BCUT2D eigenvalue weighted by Gasteiger charge is 2.16. The number of nitrogens with zero attached hydrogens (tertiary/aromatic N) is 1. The molecule has 11 heavy (non-hydrogen) atoms. The van der Waals surface area contributed by atoms with Crippen LogP contribution in [0.1, 0.15) is 5.56 Å². The third-order valence-corrected chi connectivity index (χ3v) is 1.90. The summed E-state index contributed by atoms with van der Waals surface area (Å²) >= 11 is 5.76. The average molecular weight is 171 g/mol. The van der Waals surface area contributed by atoms with Gasteiger partial charge in [0.25, 0.3) is 0 Å². The Balaban J connectivity index is 2.60. The van der Waals surface area contributed by atoms with Crippen molar-refractivity contribution in [2.45, 2.75) is 6.42 Å². The molecule has 0 aliphatic carbocycles. The molecule has 58 valence electrons. The molecule has 2 heterocycles. The predicted molar refractivity (Wildman–Crippen MR) is 42.9 cm³/mol. The van der Waals surface area contributed by atoms with Gasteiger partial charge in [-0.3, -0.25) is 0 Å². The molecule has 0 amide bonds. The van der Waals surface area contributed by atoms with Crippen LogP contribution in [0.4, 0.5) is 5.82 Å². The standard InChI is InChI=1S/C7H7ClN2O/c8-7-6-4(1-2-11-6)3-5(9)10-7/h3H,1-2H2,(H2,9,10). The summed E-state index contributed by atoms with van der Waals surface area (Å²) in [5.74, 6) is 1.15. The number of pyridine rings is 1. The molecule has 0 atom stereocenters. The van der Waals surface area contributed by atoms with Gasteiger partial charge in [0.05, 0.1) is 6.61 Å². The van der Waals surface area contributed by atoms with Crippen molar-refractivity contribution in [3.8, 4) is 5.75 Å². The first-order chi connectivity index (χ1) is 5.27. The molecule has 2 N–H and O–H groups in total. The van der Waals surface area contributed by atoms with Crippen LogP contribution in [-0.4, -0.2) is 11.6 Å². The fourth-order valence-electron chi connectivity index (χ4n) is 1.17. The van der Waals surface area contributed by atoms with Crippen molar-refractivity contribution >= 4 is 17.4 Å². The van der Waals surface area contributed by atoms with Gasteiger partial charge in [-0.05, 0) is 6.07 Å². The number of hydrogen-bond acceptors (Lipinski definition) is 3. The second kappa shape index (κ2) is 2.27. The number of nitrogen functional groups attached to an aromatic ring is 1. The van der Waals surface area contributed by atoms with Gasteiger partial charge in [0.1, 0.15) is 5.82 Å². The van der Waals surface area contributed by atoms with E-state index in [-0.39, 0.29) is 0 Å². The molecule has 0 radical (unpaired) electrons. The number of aromatic nitrogens is 1. The van der Waals surface area contributed by atoms with E-state index in [9.17, 15) is 0 Å². The van der Waals surface area contributed by atoms with Gasteiger partial charge < -0.3 is 10.5 Å². The van der Waals surface area contributed by atoms with Crippen molar-refractivity contribution in [2.75, 3.05) is 12.3 Å². The molecule has 1 aliphatic rings. The highest BCUT2D eigenvalue weighted by atomic mass is 35.5. The van der Waals surface area contributed by atoms with E-state index in [0.717, 1.165) is 12.0 Å². The lowest BCUT2D eigenvalue weighted by Crippen LogP contribution is -1.92. The summed E-state index contributed by atoms with van der Waals surface area (Å²) in [4.78, 5) is 3.86. The monoisotopic (exact) mass is 170 g/mol. The van der Waals surface area contributed by atoms with Crippen LogP contribution in [0, 0.1) is 0 Å². The summed E-state index contributed by atoms with van der Waals surface area (Å²) in [5.41, 5.74) is 6.54. The summed E-state index contributed by atoms with van der Waals surface area (Å²) in [7, 11) is 0. The molecule has 0 unspecified atom stereocenters. The number of nitrogens with two attached hydrogens (primary N) is 1. The van der Waals surface area contributed by atoms with Gasteiger partial charge in [0, 0.05) is 12.0 Å². The molecule has 0 aromatic carbocycles. The van der Waals surface area contributed by atoms with E-state index >= 15 is 0 Å². The maximum absolute atomic E-state index is 5.76. The Morgan fingerprint density at radius 3 is 3.27 bits per heavy atom. The Labute approximate surface area is 69.1 Å². The molecular formula is C7H7ClN2O. The zero-order valence-corrected chi connectivity index (χ0v) is 6.56. The maximum Gasteiger partial charge on any atom is 0.173 e. The molecule has 0 saturated carbocycles. The van der Waals surface area contributed by atoms with E-state index in [0.29, 0.717) is 23.3 Å². The van der Waals surface area contributed by atoms with E-state index < -0.39 is 0 Å². The maximum atomic E-state index is 5.76. The van der Waals surface area contributed by atoms with E-state index in [2.05, 4.69) is 4.98 Å². The van der Waals surface area contributed by atoms with Crippen molar-refractivity contribution < 1.29 is 4.74 Å². The lowest BCUT2D eigenvalue weighted by molar-refractivity contribution is 0.356. The molecule has 2 rings (SSSR count). The molecule has 3 nitrogen and oxygen atoms in total. The van der Waals surface area contributed by atoms with Crippen LogP contribution < -0.4 is 10.5 Å². The normalized spacial score (nSPS) is 14.3. The van der Waals surface area contributed by atoms with Crippen LogP contribution in [0.2, 0.25) is 5.15 Å². The molecule has 1 aliphatic heterocycles. The van der Waals surface area contributed by atoms with Crippen molar-refractivity contribution in [1.29, 1.82) is 0 Å². The zero-order valence-electron chi connectivity index (χ0n) is 5.80. The number of hydrogen-bond donors (Lipinski definition) is 1. The first-order valence-electron chi connectivity index (χ1n) is 3.35. The van der Waals surface area contributed by atoms with Crippen LogP contribution in [0.3, 0.4) is 0 Å². The average Bonchev–Trinajstić information content (AvgIpc) is 2.34. The Bertz CT molecular complexity index is 301. The van der Waals surface area contributed by atoms with Crippen molar-refractivity contribution in [3.63, 3.8) is 0 Å². The quantitative estimate of drug-likeness (QED) is 0.597. The van der Waals surface area contributed by atoms with Crippen LogP contribution in [0.25, 0.3) is 0 Å². The van der Waals surface area contributed by atoms with Gasteiger partial charge in [0.15, 0.2) is 10.9 Å². The smallest absolute Gasteiger partial charge is 0.173 e. The third-order valence-electron chi connectivity index (χ3n) is 1.65. The molecule has 1 aromatic rings. The minimum absolute atomic E-state index is 0.373. The van der Waals surface area contributed by atoms with Gasteiger partial charge in [-0.15, -0.1) is 0 Å². The number of ether oxygens (including phenoxy) is 1. The molecule has 4 heteroatoms. The highest BCUT2D eigenvalue weighted by Crippen LogP contribution is 2.32. The Morgan fingerprint density at radius 1 is 1.64 bits per heavy atom. The second-order valence-electron chi connectivity index (χ2n) is 2.42. The first kappa shape index (κ1) is 6.73. The summed E-state index contributed by atoms with van der Waals surface area (Å²) in [6.07, 6.45) is 0.877. The molecule has 0 saturated heterocycles. The van der Waals surface area contributed by atoms with Gasteiger partial charge in [-0.1, -0.05) is 11.6 Å². The summed E-state index contributed by atoms with van der Waals surface area (Å²) < 4.78 is 5.23. The molecule has 0 bridgehead atoms. The van der Waals surface area contributed by atoms with E-state index in [4.69, 9.17) is 22.1 Å². The van der Waals surface area contributed by atoms with Crippen LogP contribution in [0.15, 0.2) is 6.07 Å². The van der Waals surface area contributed by atoms with Crippen molar-refractivity contribution in [3.05, 3.63) is 16.8 Å². The number of anilines is 1. The van der Waals surface area contributed by atoms with Gasteiger partial charge in [-0.25, -0.2) is 4.98 Å². The van der Waals surface area contributed by atoms with Crippen LogP contribution >= 0.6 is 11.6 Å². The number of rotatable bonds is 0. The van der Waals surface area contributed by atoms with Crippen molar-refractivity contribution in [2.24, 2.45) is 0 Å². The third kappa shape index (κ3) is 1.01. The number of fused-ring (bicyclic) bond motifs is 1. The molecular weight excluding hydrogens is 164 g/mol. The Kier molecular flexibility index (Phi) is 1.39. The first-order valence-corrected chi connectivity index (χ1v) is 3.73.